The third-order valence-corrected chi connectivity index (χ3v) is 5.27. The molecular weight excluding hydrogens is 340 g/mol. The van der Waals surface area contributed by atoms with Crippen LogP contribution in [0.4, 0.5) is 0 Å². The van der Waals surface area contributed by atoms with Gasteiger partial charge in [0, 0.05) is 12.3 Å². The lowest BCUT2D eigenvalue weighted by Crippen LogP contribution is -2.26. The van der Waals surface area contributed by atoms with Crippen molar-refractivity contribution >= 4 is 0 Å². The summed E-state index contributed by atoms with van der Waals surface area (Å²) in [7, 11) is 0. The second-order valence-corrected chi connectivity index (χ2v) is 7.41. The van der Waals surface area contributed by atoms with Crippen molar-refractivity contribution in [2.75, 3.05) is 13.2 Å². The van der Waals surface area contributed by atoms with Crippen molar-refractivity contribution in [1.29, 1.82) is 0 Å². The van der Waals surface area contributed by atoms with Gasteiger partial charge in [-0.1, -0.05) is 19.1 Å². The lowest BCUT2D eigenvalue weighted by atomic mass is 9.88. The van der Waals surface area contributed by atoms with Crippen molar-refractivity contribution in [3.63, 3.8) is 0 Å². The minimum Gasteiger partial charge on any atom is -0.494 e. The van der Waals surface area contributed by atoms with Gasteiger partial charge in [-0.2, -0.15) is 0 Å². The quantitative estimate of drug-likeness (QED) is 0.717. The minimum atomic E-state index is -0.115. The van der Waals surface area contributed by atoms with Gasteiger partial charge in [-0.15, -0.1) is 0 Å². The van der Waals surface area contributed by atoms with Crippen LogP contribution in [-0.2, 0) is 11.2 Å². The average molecular weight is 368 g/mol. The van der Waals surface area contributed by atoms with Crippen LogP contribution in [0.5, 0.6) is 17.2 Å². The molecule has 0 N–H and O–H groups in total. The van der Waals surface area contributed by atoms with Crippen molar-refractivity contribution in [1.82, 2.24) is 0 Å². The fraction of sp³-hybridized carbons (Fsp3) is 0.478. The van der Waals surface area contributed by atoms with Crippen molar-refractivity contribution in [2.24, 2.45) is 5.92 Å². The van der Waals surface area contributed by atoms with E-state index in [4.69, 9.17) is 18.9 Å². The molecule has 1 unspecified atom stereocenters. The average Bonchev–Trinajstić information content (AvgIpc) is 2.69. The van der Waals surface area contributed by atoms with Crippen molar-refractivity contribution in [3.8, 4) is 17.2 Å². The van der Waals surface area contributed by atoms with Gasteiger partial charge in [0.1, 0.15) is 23.4 Å². The monoisotopic (exact) mass is 368 g/mol. The molecule has 0 saturated carbocycles. The Balaban J connectivity index is 1.47. The van der Waals surface area contributed by atoms with E-state index in [1.807, 2.05) is 31.2 Å². The van der Waals surface area contributed by atoms with Gasteiger partial charge in [-0.25, -0.2) is 0 Å². The Hall–Kier alpha value is -2.20. The maximum atomic E-state index is 6.35. The normalized spacial score (nSPS) is 24.6. The highest BCUT2D eigenvalue weighted by Gasteiger charge is 2.29. The number of ether oxygens (including phenoxy) is 4. The lowest BCUT2D eigenvalue weighted by molar-refractivity contribution is -0.106. The van der Waals surface area contributed by atoms with Gasteiger partial charge in [0.05, 0.1) is 13.2 Å². The lowest BCUT2D eigenvalue weighted by Gasteiger charge is -2.32. The zero-order valence-electron chi connectivity index (χ0n) is 16.1. The molecule has 0 bridgehead atoms. The van der Waals surface area contributed by atoms with E-state index in [9.17, 15) is 0 Å². The Bertz CT molecular complexity index is 749. The van der Waals surface area contributed by atoms with Crippen molar-refractivity contribution in [2.45, 2.75) is 51.9 Å². The molecule has 2 heterocycles. The van der Waals surface area contributed by atoms with Crippen LogP contribution in [-0.4, -0.2) is 19.5 Å². The Morgan fingerprint density at radius 3 is 2.59 bits per heavy atom. The van der Waals surface area contributed by atoms with Crippen LogP contribution < -0.4 is 14.2 Å². The molecule has 27 heavy (non-hydrogen) atoms. The molecule has 2 aromatic carbocycles. The van der Waals surface area contributed by atoms with E-state index in [-0.39, 0.29) is 12.4 Å². The molecule has 1 saturated heterocycles. The molecule has 0 amide bonds. The fourth-order valence-corrected chi connectivity index (χ4v) is 3.88. The van der Waals surface area contributed by atoms with Crippen LogP contribution in [0.15, 0.2) is 42.5 Å². The number of hydrogen-bond acceptors (Lipinski definition) is 4. The summed E-state index contributed by atoms with van der Waals surface area (Å²) in [6, 6.07) is 14.4. The van der Waals surface area contributed by atoms with Gasteiger partial charge in [0.25, 0.3) is 0 Å². The molecule has 2 aliphatic rings. The molecular formula is C23H28O4. The molecule has 4 heteroatoms. The summed E-state index contributed by atoms with van der Waals surface area (Å²) in [5.41, 5.74) is 2.39. The topological polar surface area (TPSA) is 36.9 Å². The SMILES string of the molecule is CCOc1ccc([C@@H]2Oc3ccc(OC4CCCCO4)cc3C[C@H]2C)cc1. The highest BCUT2D eigenvalue weighted by Crippen LogP contribution is 2.40. The molecule has 2 aromatic rings. The first kappa shape index (κ1) is 18.2. The van der Waals surface area contributed by atoms with E-state index < -0.39 is 0 Å². The predicted octanol–water partition coefficient (Wildman–Crippen LogP) is 5.30. The molecule has 1 fully saturated rings. The molecule has 0 spiro atoms. The van der Waals surface area contributed by atoms with Crippen LogP contribution in [0.1, 0.15) is 50.3 Å². The molecule has 3 atom stereocenters. The molecule has 0 radical (unpaired) electrons. The molecule has 2 aliphatic heterocycles. The smallest absolute Gasteiger partial charge is 0.199 e. The van der Waals surface area contributed by atoms with Crippen LogP contribution in [0, 0.1) is 5.92 Å². The van der Waals surface area contributed by atoms with Gasteiger partial charge in [-0.05, 0) is 67.6 Å². The van der Waals surface area contributed by atoms with E-state index in [1.54, 1.807) is 0 Å². The summed E-state index contributed by atoms with van der Waals surface area (Å²) in [4.78, 5) is 0. The van der Waals surface area contributed by atoms with Crippen LogP contribution >= 0.6 is 0 Å². The van der Waals surface area contributed by atoms with Crippen LogP contribution in [0.2, 0.25) is 0 Å². The van der Waals surface area contributed by atoms with E-state index in [0.29, 0.717) is 12.5 Å². The van der Waals surface area contributed by atoms with Crippen LogP contribution in [0.3, 0.4) is 0 Å². The van der Waals surface area contributed by atoms with Gasteiger partial charge in [0.15, 0.2) is 6.29 Å². The summed E-state index contributed by atoms with van der Waals surface area (Å²) < 4.78 is 23.6. The van der Waals surface area contributed by atoms with E-state index in [0.717, 1.165) is 43.1 Å². The van der Waals surface area contributed by atoms with Gasteiger partial charge < -0.3 is 18.9 Å². The maximum Gasteiger partial charge on any atom is 0.199 e. The minimum absolute atomic E-state index is 0.0571. The molecule has 0 aliphatic carbocycles. The Kier molecular flexibility index (Phi) is 5.53. The Morgan fingerprint density at radius 2 is 1.85 bits per heavy atom. The third-order valence-electron chi connectivity index (χ3n) is 5.27. The predicted molar refractivity (Wildman–Crippen MR) is 105 cm³/mol. The summed E-state index contributed by atoms with van der Waals surface area (Å²) in [6.45, 7) is 5.70. The second-order valence-electron chi connectivity index (χ2n) is 7.41. The number of benzene rings is 2. The van der Waals surface area contributed by atoms with E-state index in [1.165, 1.54) is 17.5 Å². The fourth-order valence-electron chi connectivity index (χ4n) is 3.88. The summed E-state index contributed by atoms with van der Waals surface area (Å²) >= 11 is 0. The zero-order chi connectivity index (χ0) is 18.6. The molecule has 144 valence electrons. The Labute approximate surface area is 161 Å². The van der Waals surface area contributed by atoms with Gasteiger partial charge in [-0.3, -0.25) is 0 Å². The van der Waals surface area contributed by atoms with E-state index >= 15 is 0 Å². The van der Waals surface area contributed by atoms with E-state index in [2.05, 4.69) is 25.1 Å². The zero-order valence-corrected chi connectivity index (χ0v) is 16.1. The number of fused-ring (bicyclic) bond motifs is 1. The second kappa shape index (κ2) is 8.22. The van der Waals surface area contributed by atoms with Crippen molar-refractivity contribution in [3.05, 3.63) is 53.6 Å². The standard InChI is InChI=1S/C23H28O4/c1-3-24-19-9-7-17(8-10-19)23-16(2)14-18-15-20(11-12-21(18)27-23)26-22-6-4-5-13-25-22/h7-12,15-16,22-23H,3-6,13-14H2,1-2H3/t16-,22?,23-/m1/s1. The molecule has 0 aromatic heterocycles. The van der Waals surface area contributed by atoms with Crippen molar-refractivity contribution < 1.29 is 18.9 Å². The molecule has 4 rings (SSSR count). The van der Waals surface area contributed by atoms with Gasteiger partial charge in [0.2, 0.25) is 0 Å². The first-order valence-corrected chi connectivity index (χ1v) is 10.0. The molecule has 4 nitrogen and oxygen atoms in total. The number of rotatable bonds is 5. The van der Waals surface area contributed by atoms with Gasteiger partial charge >= 0.3 is 0 Å². The largest absolute Gasteiger partial charge is 0.494 e. The number of hydrogen-bond donors (Lipinski definition) is 0. The van der Waals surface area contributed by atoms with Crippen LogP contribution in [0.25, 0.3) is 0 Å². The maximum absolute atomic E-state index is 6.35. The highest BCUT2D eigenvalue weighted by molar-refractivity contribution is 5.43. The third kappa shape index (κ3) is 4.22. The first-order valence-electron chi connectivity index (χ1n) is 10.0. The Morgan fingerprint density at radius 1 is 1.04 bits per heavy atom. The summed E-state index contributed by atoms with van der Waals surface area (Å²) in [5, 5.41) is 0. The summed E-state index contributed by atoms with van der Waals surface area (Å²) in [6.07, 6.45) is 4.17. The first-order chi connectivity index (χ1) is 13.2. The highest BCUT2D eigenvalue weighted by atomic mass is 16.7. The summed E-state index contributed by atoms with van der Waals surface area (Å²) in [5.74, 6) is 3.10.